The van der Waals surface area contributed by atoms with Crippen LogP contribution in [0.3, 0.4) is 0 Å². The van der Waals surface area contributed by atoms with E-state index in [1.54, 1.807) is 11.8 Å². The number of nitrogens with zero attached hydrogens (tertiary/aromatic N) is 2. The fraction of sp³-hybridized carbons (Fsp3) is 0.176. The average molecular weight is 311 g/mol. The second-order valence-electron chi connectivity index (χ2n) is 5.16. The highest BCUT2D eigenvalue weighted by molar-refractivity contribution is 7.98. The van der Waals surface area contributed by atoms with Gasteiger partial charge < -0.3 is 9.72 Å². The zero-order chi connectivity index (χ0) is 15.5. The van der Waals surface area contributed by atoms with Gasteiger partial charge in [0, 0.05) is 23.0 Å². The number of nitrogens with one attached hydrogen (secondary N) is 1. The zero-order valence-electron chi connectivity index (χ0n) is 12.5. The van der Waals surface area contributed by atoms with Crippen molar-refractivity contribution in [2.75, 3.05) is 11.6 Å². The Morgan fingerprint density at radius 2 is 2.18 bits per heavy atom. The van der Waals surface area contributed by atoms with Crippen molar-refractivity contribution in [1.29, 1.82) is 0 Å². The Kier molecular flexibility index (Phi) is 4.15. The topological polar surface area (TPSA) is 46.4 Å². The molecule has 0 radical (unpaired) electrons. The molecular weight excluding hydrogens is 294 g/mol. The Balaban J connectivity index is 1.72. The summed E-state index contributed by atoms with van der Waals surface area (Å²) < 4.78 is 1.93. The predicted molar refractivity (Wildman–Crippen MR) is 90.5 cm³/mol. The molecule has 0 atom stereocenters. The monoisotopic (exact) mass is 311 g/mol. The van der Waals surface area contributed by atoms with E-state index in [9.17, 15) is 4.79 Å². The van der Waals surface area contributed by atoms with Gasteiger partial charge in [-0.2, -0.15) is 0 Å². The second kappa shape index (κ2) is 6.23. The summed E-state index contributed by atoms with van der Waals surface area (Å²) in [5.74, 6) is -0.0571. The maximum Gasteiger partial charge on any atom is 0.230 e. The first-order valence-corrected chi connectivity index (χ1v) is 8.24. The molecule has 2 heterocycles. The molecule has 4 nitrogen and oxygen atoms in total. The normalized spacial score (nSPS) is 10.8. The van der Waals surface area contributed by atoms with Crippen molar-refractivity contribution in [3.8, 4) is 0 Å². The summed E-state index contributed by atoms with van der Waals surface area (Å²) in [4.78, 5) is 17.8. The number of carbonyl (C=O) groups is 1. The number of aromatic nitrogens is 2. The molecule has 0 bridgehead atoms. The SMILES string of the molecule is CSc1cccc(NC(=O)Cc2cn3ccc(C)cc3n2)c1. The number of amides is 1. The van der Waals surface area contributed by atoms with E-state index in [0.29, 0.717) is 0 Å². The molecule has 0 fully saturated rings. The molecule has 0 saturated carbocycles. The minimum atomic E-state index is -0.0571. The number of carbonyl (C=O) groups excluding carboxylic acids is 1. The number of rotatable bonds is 4. The first-order valence-electron chi connectivity index (χ1n) is 7.02. The van der Waals surface area contributed by atoms with Crippen LogP contribution in [0.1, 0.15) is 11.3 Å². The van der Waals surface area contributed by atoms with Crippen LogP contribution < -0.4 is 5.32 Å². The number of fused-ring (bicyclic) bond motifs is 1. The van der Waals surface area contributed by atoms with Gasteiger partial charge in [-0.1, -0.05) is 6.07 Å². The van der Waals surface area contributed by atoms with Crippen molar-refractivity contribution in [3.63, 3.8) is 0 Å². The van der Waals surface area contributed by atoms with Crippen molar-refractivity contribution < 1.29 is 4.79 Å². The number of aryl methyl sites for hydroxylation is 1. The maximum atomic E-state index is 12.2. The molecule has 1 N–H and O–H groups in total. The third-order valence-electron chi connectivity index (χ3n) is 3.36. The minimum Gasteiger partial charge on any atom is -0.326 e. The molecule has 112 valence electrons. The summed E-state index contributed by atoms with van der Waals surface area (Å²) in [6.45, 7) is 2.03. The number of thioether (sulfide) groups is 1. The van der Waals surface area contributed by atoms with Gasteiger partial charge in [-0.25, -0.2) is 4.98 Å². The fourth-order valence-corrected chi connectivity index (χ4v) is 2.75. The van der Waals surface area contributed by atoms with Crippen LogP contribution in [0.15, 0.2) is 53.7 Å². The van der Waals surface area contributed by atoms with Gasteiger partial charge in [0.1, 0.15) is 5.65 Å². The molecule has 2 aromatic heterocycles. The molecule has 0 unspecified atom stereocenters. The fourth-order valence-electron chi connectivity index (χ4n) is 2.29. The van der Waals surface area contributed by atoms with E-state index >= 15 is 0 Å². The molecule has 3 aromatic rings. The molecule has 0 saturated heterocycles. The van der Waals surface area contributed by atoms with Gasteiger partial charge in [-0.3, -0.25) is 4.79 Å². The summed E-state index contributed by atoms with van der Waals surface area (Å²) in [7, 11) is 0. The molecule has 5 heteroatoms. The van der Waals surface area contributed by atoms with Crippen LogP contribution in [-0.4, -0.2) is 21.5 Å². The van der Waals surface area contributed by atoms with Crippen molar-refractivity contribution in [2.45, 2.75) is 18.2 Å². The molecule has 0 aliphatic heterocycles. The molecular formula is C17H17N3OS. The molecule has 0 aliphatic rings. The summed E-state index contributed by atoms with van der Waals surface area (Å²) in [6.07, 6.45) is 6.14. The third kappa shape index (κ3) is 3.31. The highest BCUT2D eigenvalue weighted by Gasteiger charge is 2.08. The number of pyridine rings is 1. The Bertz CT molecular complexity index is 826. The standard InChI is InChI=1S/C17H17N3OS/c1-12-6-7-20-11-14(18-16(20)8-12)10-17(21)19-13-4-3-5-15(9-13)22-2/h3-9,11H,10H2,1-2H3,(H,19,21). The largest absolute Gasteiger partial charge is 0.326 e. The van der Waals surface area contributed by atoms with Crippen molar-refractivity contribution >= 4 is 29.0 Å². The van der Waals surface area contributed by atoms with Crippen LogP contribution in [0.2, 0.25) is 0 Å². The number of benzene rings is 1. The highest BCUT2D eigenvalue weighted by atomic mass is 32.2. The number of hydrogen-bond acceptors (Lipinski definition) is 3. The lowest BCUT2D eigenvalue weighted by Gasteiger charge is -2.05. The second-order valence-corrected chi connectivity index (χ2v) is 6.04. The number of hydrogen-bond donors (Lipinski definition) is 1. The van der Waals surface area contributed by atoms with E-state index in [2.05, 4.69) is 10.3 Å². The quantitative estimate of drug-likeness (QED) is 0.750. The van der Waals surface area contributed by atoms with Crippen molar-refractivity contribution in [1.82, 2.24) is 9.38 Å². The summed E-state index contributed by atoms with van der Waals surface area (Å²) in [5, 5.41) is 2.92. The highest BCUT2D eigenvalue weighted by Crippen LogP contribution is 2.19. The Labute approximate surface area is 133 Å². The molecule has 0 aliphatic carbocycles. The van der Waals surface area contributed by atoms with E-state index in [0.717, 1.165) is 27.5 Å². The van der Waals surface area contributed by atoms with Gasteiger partial charge in [0.25, 0.3) is 0 Å². The van der Waals surface area contributed by atoms with E-state index in [1.807, 2.05) is 66.4 Å². The first-order chi connectivity index (χ1) is 10.6. The van der Waals surface area contributed by atoms with E-state index in [1.165, 1.54) is 0 Å². The van der Waals surface area contributed by atoms with Crippen molar-refractivity contribution in [2.24, 2.45) is 0 Å². The van der Waals surface area contributed by atoms with Crippen LogP contribution in [0.4, 0.5) is 5.69 Å². The van der Waals surface area contributed by atoms with Gasteiger partial charge >= 0.3 is 0 Å². The van der Waals surface area contributed by atoms with Crippen LogP contribution in [0.25, 0.3) is 5.65 Å². The van der Waals surface area contributed by atoms with Crippen LogP contribution in [0.5, 0.6) is 0 Å². The lowest BCUT2D eigenvalue weighted by atomic mass is 10.3. The lowest BCUT2D eigenvalue weighted by Crippen LogP contribution is -2.14. The van der Waals surface area contributed by atoms with E-state index in [4.69, 9.17) is 0 Å². The van der Waals surface area contributed by atoms with E-state index in [-0.39, 0.29) is 12.3 Å². The van der Waals surface area contributed by atoms with Crippen LogP contribution in [-0.2, 0) is 11.2 Å². The van der Waals surface area contributed by atoms with Gasteiger partial charge in [0.2, 0.25) is 5.91 Å². The summed E-state index contributed by atoms with van der Waals surface area (Å²) in [6, 6.07) is 11.8. The number of anilines is 1. The molecule has 22 heavy (non-hydrogen) atoms. The van der Waals surface area contributed by atoms with Gasteiger partial charge in [0.05, 0.1) is 12.1 Å². The Morgan fingerprint density at radius 3 is 3.00 bits per heavy atom. The Morgan fingerprint density at radius 1 is 1.32 bits per heavy atom. The molecule has 3 rings (SSSR count). The molecule has 1 amide bonds. The smallest absolute Gasteiger partial charge is 0.230 e. The van der Waals surface area contributed by atoms with E-state index < -0.39 is 0 Å². The average Bonchev–Trinajstić information content (AvgIpc) is 2.88. The van der Waals surface area contributed by atoms with Crippen LogP contribution >= 0.6 is 11.8 Å². The van der Waals surface area contributed by atoms with Gasteiger partial charge in [0.15, 0.2) is 0 Å². The Hall–Kier alpha value is -2.27. The summed E-state index contributed by atoms with van der Waals surface area (Å²) >= 11 is 1.65. The third-order valence-corrected chi connectivity index (χ3v) is 4.09. The summed E-state index contributed by atoms with van der Waals surface area (Å²) in [5.41, 5.74) is 3.61. The van der Waals surface area contributed by atoms with Gasteiger partial charge in [-0.15, -0.1) is 11.8 Å². The number of imidazole rings is 1. The minimum absolute atomic E-state index is 0.0571. The first kappa shape index (κ1) is 14.7. The van der Waals surface area contributed by atoms with Gasteiger partial charge in [-0.05, 0) is 49.1 Å². The lowest BCUT2D eigenvalue weighted by molar-refractivity contribution is -0.115. The predicted octanol–water partition coefficient (Wildman–Crippen LogP) is 3.55. The molecule has 1 aromatic carbocycles. The maximum absolute atomic E-state index is 12.2. The van der Waals surface area contributed by atoms with Crippen molar-refractivity contribution in [3.05, 3.63) is 60.0 Å². The zero-order valence-corrected chi connectivity index (χ0v) is 13.4. The molecule has 0 spiro atoms. The van der Waals surface area contributed by atoms with Crippen LogP contribution in [0, 0.1) is 6.92 Å².